The van der Waals surface area contributed by atoms with Gasteiger partial charge in [-0.05, 0) is 32.0 Å². The molecule has 2 rings (SSSR count). The van der Waals surface area contributed by atoms with E-state index in [2.05, 4.69) is 4.98 Å². The Labute approximate surface area is 117 Å². The third-order valence-electron chi connectivity index (χ3n) is 2.99. The summed E-state index contributed by atoms with van der Waals surface area (Å²) in [5.41, 5.74) is 8.85. The molecule has 1 aromatic heterocycles. The fourth-order valence-corrected chi connectivity index (χ4v) is 2.03. The summed E-state index contributed by atoms with van der Waals surface area (Å²) in [6, 6.07) is 7.50. The van der Waals surface area contributed by atoms with Crippen LogP contribution in [-0.2, 0) is 4.74 Å². The number of benzene rings is 1. The molecule has 2 aromatic rings. The number of esters is 1. The molecule has 0 atom stereocenters. The number of H-pyrrole nitrogens is 1. The van der Waals surface area contributed by atoms with Crippen molar-refractivity contribution < 1.29 is 14.3 Å². The maximum absolute atomic E-state index is 11.8. The van der Waals surface area contributed by atoms with Crippen LogP contribution in [0.2, 0.25) is 0 Å². The Morgan fingerprint density at radius 1 is 1.35 bits per heavy atom. The number of nitrogens with two attached hydrogens (primary N) is 1. The molecule has 0 radical (unpaired) electrons. The lowest BCUT2D eigenvalue weighted by atomic mass is 10.1. The molecule has 0 unspecified atom stereocenters. The highest BCUT2D eigenvalue weighted by Gasteiger charge is 2.17. The van der Waals surface area contributed by atoms with E-state index in [4.69, 9.17) is 15.2 Å². The van der Waals surface area contributed by atoms with Gasteiger partial charge in [0, 0.05) is 5.56 Å². The third kappa shape index (κ3) is 2.61. The van der Waals surface area contributed by atoms with Gasteiger partial charge < -0.3 is 20.2 Å². The van der Waals surface area contributed by atoms with Crippen LogP contribution in [0, 0.1) is 6.92 Å². The molecule has 0 fully saturated rings. The van der Waals surface area contributed by atoms with Crippen molar-refractivity contribution in [2.24, 2.45) is 0 Å². The van der Waals surface area contributed by atoms with E-state index in [9.17, 15) is 4.79 Å². The van der Waals surface area contributed by atoms with E-state index < -0.39 is 5.97 Å². The van der Waals surface area contributed by atoms with Crippen LogP contribution in [0.3, 0.4) is 0 Å². The van der Waals surface area contributed by atoms with Gasteiger partial charge in [0.15, 0.2) is 0 Å². The Hall–Kier alpha value is -2.43. The zero-order chi connectivity index (χ0) is 14.7. The largest absolute Gasteiger partial charge is 0.496 e. The third-order valence-corrected chi connectivity index (χ3v) is 2.99. The monoisotopic (exact) mass is 274 g/mol. The van der Waals surface area contributed by atoms with E-state index in [0.717, 1.165) is 16.8 Å². The number of nitrogen functional groups attached to an aromatic ring is 1. The molecular formula is C15H18N2O3. The number of carbonyl (C=O) groups is 1. The van der Waals surface area contributed by atoms with Gasteiger partial charge in [-0.3, -0.25) is 0 Å². The topological polar surface area (TPSA) is 77.3 Å². The second kappa shape index (κ2) is 5.69. The van der Waals surface area contributed by atoms with Crippen LogP contribution in [0.25, 0.3) is 11.3 Å². The highest BCUT2D eigenvalue weighted by molar-refractivity contribution is 5.96. The SMILES string of the molecule is CCOC(=O)c1cc(-c2cc(C)ccc2OC)[nH]c1N. The molecule has 1 heterocycles. The van der Waals surface area contributed by atoms with Gasteiger partial charge in [0.25, 0.3) is 0 Å². The van der Waals surface area contributed by atoms with Gasteiger partial charge in [0.2, 0.25) is 0 Å². The van der Waals surface area contributed by atoms with Gasteiger partial charge in [0.05, 0.1) is 19.4 Å². The lowest BCUT2D eigenvalue weighted by molar-refractivity contribution is 0.0528. The normalized spacial score (nSPS) is 10.3. The molecule has 1 aromatic carbocycles. The number of aryl methyl sites for hydroxylation is 1. The Kier molecular flexibility index (Phi) is 3.98. The van der Waals surface area contributed by atoms with Crippen molar-refractivity contribution in [3.63, 3.8) is 0 Å². The summed E-state index contributed by atoms with van der Waals surface area (Å²) in [4.78, 5) is 14.8. The fraction of sp³-hybridized carbons (Fsp3) is 0.267. The number of methoxy groups -OCH3 is 1. The summed E-state index contributed by atoms with van der Waals surface area (Å²) < 4.78 is 10.3. The minimum absolute atomic E-state index is 0.294. The number of nitrogens with one attached hydrogen (secondary N) is 1. The van der Waals surface area contributed by atoms with E-state index in [1.54, 1.807) is 20.1 Å². The number of anilines is 1. The second-order valence-corrected chi connectivity index (χ2v) is 4.43. The lowest BCUT2D eigenvalue weighted by Crippen LogP contribution is -2.05. The lowest BCUT2D eigenvalue weighted by Gasteiger charge is -2.07. The second-order valence-electron chi connectivity index (χ2n) is 4.43. The number of rotatable bonds is 4. The summed E-state index contributed by atoms with van der Waals surface area (Å²) >= 11 is 0. The number of hydrogen-bond donors (Lipinski definition) is 2. The Balaban J connectivity index is 2.47. The van der Waals surface area contributed by atoms with E-state index in [1.807, 2.05) is 25.1 Å². The van der Waals surface area contributed by atoms with Crippen LogP contribution in [0.4, 0.5) is 5.82 Å². The molecule has 0 aliphatic rings. The van der Waals surface area contributed by atoms with Crippen LogP contribution >= 0.6 is 0 Å². The van der Waals surface area contributed by atoms with Gasteiger partial charge in [-0.2, -0.15) is 0 Å². The standard InChI is InChI=1S/C15H18N2O3/c1-4-20-15(18)11-8-12(17-14(11)16)10-7-9(2)5-6-13(10)19-3/h5-8,17H,4,16H2,1-3H3. The van der Waals surface area contributed by atoms with E-state index in [1.165, 1.54) is 0 Å². The predicted octanol–water partition coefficient (Wildman–Crippen LogP) is 2.76. The first-order chi connectivity index (χ1) is 9.56. The maximum Gasteiger partial charge on any atom is 0.341 e. The molecule has 20 heavy (non-hydrogen) atoms. The zero-order valence-corrected chi connectivity index (χ0v) is 11.8. The smallest absolute Gasteiger partial charge is 0.341 e. The van der Waals surface area contributed by atoms with Crippen molar-refractivity contribution >= 4 is 11.8 Å². The molecule has 5 heteroatoms. The summed E-state index contributed by atoms with van der Waals surface area (Å²) in [5, 5.41) is 0. The first-order valence-corrected chi connectivity index (χ1v) is 6.37. The molecule has 0 aliphatic carbocycles. The van der Waals surface area contributed by atoms with Gasteiger partial charge in [0.1, 0.15) is 17.1 Å². The number of ether oxygens (including phenoxy) is 2. The van der Waals surface area contributed by atoms with Crippen LogP contribution in [0.1, 0.15) is 22.8 Å². The van der Waals surface area contributed by atoms with E-state index in [0.29, 0.717) is 23.7 Å². The quantitative estimate of drug-likeness (QED) is 0.840. The highest BCUT2D eigenvalue weighted by Crippen LogP contribution is 2.32. The molecule has 0 amide bonds. The van der Waals surface area contributed by atoms with Gasteiger partial charge in [-0.15, -0.1) is 0 Å². The molecule has 0 spiro atoms. The Bertz CT molecular complexity index is 632. The summed E-state index contributed by atoms with van der Waals surface area (Å²) in [6.07, 6.45) is 0. The molecule has 106 valence electrons. The average Bonchev–Trinajstić information content (AvgIpc) is 2.81. The minimum atomic E-state index is -0.431. The van der Waals surface area contributed by atoms with Crippen LogP contribution < -0.4 is 10.5 Å². The van der Waals surface area contributed by atoms with Crippen molar-refractivity contribution in [1.29, 1.82) is 0 Å². The first kappa shape index (κ1) is 14.0. The Morgan fingerprint density at radius 2 is 2.10 bits per heavy atom. The van der Waals surface area contributed by atoms with Crippen molar-refractivity contribution in [3.8, 4) is 17.0 Å². The maximum atomic E-state index is 11.8. The summed E-state index contributed by atoms with van der Waals surface area (Å²) in [5.74, 6) is 0.577. The van der Waals surface area contributed by atoms with Crippen LogP contribution in [0.5, 0.6) is 5.75 Å². The predicted molar refractivity (Wildman–Crippen MR) is 77.9 cm³/mol. The number of aromatic amines is 1. The van der Waals surface area contributed by atoms with Crippen molar-refractivity contribution in [2.75, 3.05) is 19.5 Å². The number of hydrogen-bond acceptors (Lipinski definition) is 4. The average molecular weight is 274 g/mol. The zero-order valence-electron chi connectivity index (χ0n) is 11.8. The van der Waals surface area contributed by atoms with Gasteiger partial charge in [-0.1, -0.05) is 11.6 Å². The molecule has 3 N–H and O–H groups in total. The van der Waals surface area contributed by atoms with Gasteiger partial charge >= 0.3 is 5.97 Å². The minimum Gasteiger partial charge on any atom is -0.496 e. The molecule has 0 saturated heterocycles. The van der Waals surface area contributed by atoms with E-state index >= 15 is 0 Å². The highest BCUT2D eigenvalue weighted by atomic mass is 16.5. The molecular weight excluding hydrogens is 256 g/mol. The Morgan fingerprint density at radius 3 is 2.75 bits per heavy atom. The first-order valence-electron chi connectivity index (χ1n) is 6.37. The van der Waals surface area contributed by atoms with E-state index in [-0.39, 0.29) is 0 Å². The van der Waals surface area contributed by atoms with Crippen molar-refractivity contribution in [2.45, 2.75) is 13.8 Å². The fourth-order valence-electron chi connectivity index (χ4n) is 2.03. The summed E-state index contributed by atoms with van der Waals surface area (Å²) in [7, 11) is 1.60. The number of aromatic nitrogens is 1. The van der Waals surface area contributed by atoms with Crippen molar-refractivity contribution in [3.05, 3.63) is 35.4 Å². The summed E-state index contributed by atoms with van der Waals surface area (Å²) in [6.45, 7) is 4.05. The molecule has 5 nitrogen and oxygen atoms in total. The molecule has 0 bridgehead atoms. The van der Waals surface area contributed by atoms with Gasteiger partial charge in [-0.25, -0.2) is 4.79 Å². The van der Waals surface area contributed by atoms with Crippen molar-refractivity contribution in [1.82, 2.24) is 4.98 Å². The number of carbonyl (C=O) groups excluding carboxylic acids is 1. The molecule has 0 saturated carbocycles. The van der Waals surface area contributed by atoms with Crippen LogP contribution in [-0.4, -0.2) is 24.7 Å². The van der Waals surface area contributed by atoms with Crippen LogP contribution in [0.15, 0.2) is 24.3 Å². The molecule has 0 aliphatic heterocycles.